The highest BCUT2D eigenvalue weighted by Gasteiger charge is 2.34. The van der Waals surface area contributed by atoms with Crippen LogP contribution in [0.15, 0.2) is 24.3 Å². The maximum absolute atomic E-state index is 6.57. The van der Waals surface area contributed by atoms with Crippen LogP contribution in [0.1, 0.15) is 39.2 Å². The highest BCUT2D eigenvalue weighted by molar-refractivity contribution is 6.30. The minimum atomic E-state index is -0.0599. The molecule has 2 rings (SSSR count). The summed E-state index contributed by atoms with van der Waals surface area (Å²) in [5, 5.41) is 0.789. The van der Waals surface area contributed by atoms with Crippen molar-refractivity contribution in [3.8, 4) is 0 Å². The maximum Gasteiger partial charge on any atom is 0.0406 e. The van der Waals surface area contributed by atoms with Gasteiger partial charge in [-0.2, -0.15) is 0 Å². The lowest BCUT2D eigenvalue weighted by molar-refractivity contribution is 0.0765. The first kappa shape index (κ1) is 14.8. The molecule has 2 nitrogen and oxygen atoms in total. The van der Waals surface area contributed by atoms with E-state index < -0.39 is 0 Å². The number of likely N-dealkylation sites (tertiary alicyclic amines) is 1. The molecule has 1 heterocycles. The van der Waals surface area contributed by atoms with Gasteiger partial charge in [-0.1, -0.05) is 23.7 Å². The van der Waals surface area contributed by atoms with Crippen molar-refractivity contribution < 1.29 is 0 Å². The Labute approximate surface area is 121 Å². The number of nitrogens with zero attached hydrogens (tertiary/aromatic N) is 1. The van der Waals surface area contributed by atoms with E-state index in [2.05, 4.69) is 37.8 Å². The Kier molecular flexibility index (Phi) is 4.24. The topological polar surface area (TPSA) is 29.3 Å². The molecule has 1 aromatic carbocycles. The van der Waals surface area contributed by atoms with Crippen LogP contribution in [0.3, 0.4) is 0 Å². The molecule has 0 radical (unpaired) electrons. The van der Waals surface area contributed by atoms with E-state index >= 15 is 0 Å². The van der Waals surface area contributed by atoms with Crippen molar-refractivity contribution in [3.05, 3.63) is 34.9 Å². The van der Waals surface area contributed by atoms with Crippen LogP contribution in [-0.4, -0.2) is 29.1 Å². The SMILES string of the molecule is CC(C)(C)N1CCC(N)(Cc2ccc(Cl)cc2)CC1. The standard InChI is InChI=1S/C16H25ClN2/c1-15(2,3)19-10-8-16(18,9-11-19)12-13-4-6-14(17)7-5-13/h4-7H,8-12,18H2,1-3H3. The van der Waals surface area contributed by atoms with Crippen LogP contribution >= 0.6 is 11.6 Å². The molecule has 1 aromatic rings. The van der Waals surface area contributed by atoms with Crippen molar-refractivity contribution >= 4 is 11.6 Å². The summed E-state index contributed by atoms with van der Waals surface area (Å²) in [5.41, 5.74) is 8.05. The molecule has 2 N–H and O–H groups in total. The third kappa shape index (κ3) is 3.95. The van der Waals surface area contributed by atoms with Gasteiger partial charge in [-0.05, 0) is 57.7 Å². The fraction of sp³-hybridized carbons (Fsp3) is 0.625. The zero-order valence-corrected chi connectivity index (χ0v) is 13.0. The van der Waals surface area contributed by atoms with Gasteiger partial charge in [0.05, 0.1) is 0 Å². The van der Waals surface area contributed by atoms with Gasteiger partial charge in [0.25, 0.3) is 0 Å². The molecule has 1 aliphatic rings. The molecule has 0 atom stereocenters. The molecule has 3 heteroatoms. The molecule has 106 valence electrons. The highest BCUT2D eigenvalue weighted by Crippen LogP contribution is 2.28. The summed E-state index contributed by atoms with van der Waals surface area (Å²) in [6.45, 7) is 9.00. The third-order valence-corrected chi connectivity index (χ3v) is 4.43. The fourth-order valence-corrected chi connectivity index (χ4v) is 2.93. The van der Waals surface area contributed by atoms with Crippen molar-refractivity contribution in [2.75, 3.05) is 13.1 Å². The Bertz CT molecular complexity index is 411. The second-order valence-corrected chi connectivity index (χ2v) is 7.26. The molecular weight excluding hydrogens is 256 g/mol. The van der Waals surface area contributed by atoms with Crippen LogP contribution in [0.25, 0.3) is 0 Å². The number of benzene rings is 1. The van der Waals surface area contributed by atoms with Crippen LogP contribution in [0.5, 0.6) is 0 Å². The number of hydrogen-bond acceptors (Lipinski definition) is 2. The summed E-state index contributed by atoms with van der Waals surface area (Å²) >= 11 is 5.92. The van der Waals surface area contributed by atoms with E-state index in [0.29, 0.717) is 0 Å². The summed E-state index contributed by atoms with van der Waals surface area (Å²) in [6, 6.07) is 8.08. The van der Waals surface area contributed by atoms with Crippen molar-refractivity contribution in [1.29, 1.82) is 0 Å². The lowest BCUT2D eigenvalue weighted by Gasteiger charge is -2.45. The van der Waals surface area contributed by atoms with E-state index in [1.807, 2.05) is 12.1 Å². The molecular formula is C16H25ClN2. The number of halogens is 1. The van der Waals surface area contributed by atoms with E-state index in [1.165, 1.54) is 5.56 Å². The van der Waals surface area contributed by atoms with E-state index in [9.17, 15) is 0 Å². The highest BCUT2D eigenvalue weighted by atomic mass is 35.5. The number of piperidine rings is 1. The van der Waals surface area contributed by atoms with E-state index in [-0.39, 0.29) is 11.1 Å². The maximum atomic E-state index is 6.57. The fourth-order valence-electron chi connectivity index (χ4n) is 2.81. The molecule has 0 saturated carbocycles. The van der Waals surface area contributed by atoms with Crippen molar-refractivity contribution in [3.63, 3.8) is 0 Å². The molecule has 0 spiro atoms. The van der Waals surface area contributed by atoms with Crippen LogP contribution in [-0.2, 0) is 6.42 Å². The monoisotopic (exact) mass is 280 g/mol. The zero-order chi connectivity index (χ0) is 14.1. The van der Waals surface area contributed by atoms with Gasteiger partial charge in [0.2, 0.25) is 0 Å². The molecule has 19 heavy (non-hydrogen) atoms. The molecule has 0 amide bonds. The summed E-state index contributed by atoms with van der Waals surface area (Å²) in [5.74, 6) is 0. The zero-order valence-electron chi connectivity index (χ0n) is 12.2. The van der Waals surface area contributed by atoms with Gasteiger partial charge in [0.15, 0.2) is 0 Å². The number of rotatable bonds is 2. The first-order valence-electron chi connectivity index (χ1n) is 7.07. The average molecular weight is 281 g/mol. The van der Waals surface area contributed by atoms with Crippen molar-refractivity contribution in [1.82, 2.24) is 4.90 Å². The van der Waals surface area contributed by atoms with E-state index in [0.717, 1.165) is 37.4 Å². The summed E-state index contributed by atoms with van der Waals surface area (Å²) in [6.07, 6.45) is 3.07. The second-order valence-electron chi connectivity index (χ2n) is 6.82. The number of hydrogen-bond donors (Lipinski definition) is 1. The van der Waals surface area contributed by atoms with Gasteiger partial charge in [-0.15, -0.1) is 0 Å². The molecule has 1 fully saturated rings. The smallest absolute Gasteiger partial charge is 0.0406 e. The lowest BCUT2D eigenvalue weighted by atomic mass is 9.81. The Hall–Kier alpha value is -0.570. The quantitative estimate of drug-likeness (QED) is 0.899. The molecule has 0 aromatic heterocycles. The first-order valence-corrected chi connectivity index (χ1v) is 7.45. The van der Waals surface area contributed by atoms with E-state index in [1.54, 1.807) is 0 Å². The predicted molar refractivity (Wildman–Crippen MR) is 82.6 cm³/mol. The van der Waals surface area contributed by atoms with E-state index in [4.69, 9.17) is 17.3 Å². The molecule has 1 aliphatic heterocycles. The summed E-state index contributed by atoms with van der Waals surface area (Å²) < 4.78 is 0. The Morgan fingerprint density at radius 3 is 2.16 bits per heavy atom. The van der Waals surface area contributed by atoms with Crippen molar-refractivity contribution in [2.24, 2.45) is 5.73 Å². The van der Waals surface area contributed by atoms with Crippen LogP contribution < -0.4 is 5.73 Å². The first-order chi connectivity index (χ1) is 8.78. The van der Waals surface area contributed by atoms with Gasteiger partial charge in [0, 0.05) is 29.2 Å². The largest absolute Gasteiger partial charge is 0.325 e. The van der Waals surface area contributed by atoms with Gasteiger partial charge >= 0.3 is 0 Å². The lowest BCUT2D eigenvalue weighted by Crippen LogP contribution is -2.55. The normalized spacial score (nSPS) is 20.5. The van der Waals surface area contributed by atoms with Crippen LogP contribution in [0.2, 0.25) is 5.02 Å². The Morgan fingerprint density at radius 2 is 1.68 bits per heavy atom. The molecule has 0 aliphatic carbocycles. The minimum Gasteiger partial charge on any atom is -0.325 e. The van der Waals surface area contributed by atoms with Gasteiger partial charge in [0.1, 0.15) is 0 Å². The average Bonchev–Trinajstić information content (AvgIpc) is 2.31. The summed E-state index contributed by atoms with van der Waals surface area (Å²) in [4.78, 5) is 2.53. The van der Waals surface area contributed by atoms with Crippen LogP contribution in [0.4, 0.5) is 0 Å². The summed E-state index contributed by atoms with van der Waals surface area (Å²) in [7, 11) is 0. The van der Waals surface area contributed by atoms with Gasteiger partial charge in [-0.3, -0.25) is 4.90 Å². The Morgan fingerprint density at radius 1 is 1.16 bits per heavy atom. The van der Waals surface area contributed by atoms with Gasteiger partial charge in [-0.25, -0.2) is 0 Å². The number of nitrogens with two attached hydrogens (primary N) is 1. The molecule has 0 bridgehead atoms. The predicted octanol–water partition coefficient (Wildman–Crippen LogP) is 3.47. The minimum absolute atomic E-state index is 0.0599. The van der Waals surface area contributed by atoms with Crippen molar-refractivity contribution in [2.45, 2.75) is 51.1 Å². The molecule has 0 unspecified atom stereocenters. The Balaban J connectivity index is 1.96. The van der Waals surface area contributed by atoms with Crippen LogP contribution in [0, 0.1) is 0 Å². The molecule has 1 saturated heterocycles. The second kappa shape index (κ2) is 5.43. The third-order valence-electron chi connectivity index (χ3n) is 4.18. The van der Waals surface area contributed by atoms with Gasteiger partial charge < -0.3 is 5.73 Å².